The molecule has 0 fully saturated rings. The minimum atomic E-state index is -3.43. The minimum Gasteiger partial charge on any atom is -0.464 e. The molecule has 0 spiro atoms. The van der Waals surface area contributed by atoms with Crippen LogP contribution in [-0.4, -0.2) is 29.9 Å². The van der Waals surface area contributed by atoms with Gasteiger partial charge in [0.1, 0.15) is 11.3 Å². The SMILES string of the molecule is CS(=O)(=O)c1ncc(-c2ccc3occc3c2)nn1. The Hall–Kier alpha value is -2.28. The van der Waals surface area contributed by atoms with Crippen molar-refractivity contribution in [3.05, 3.63) is 36.7 Å². The molecular weight excluding hydrogens is 266 g/mol. The highest BCUT2D eigenvalue weighted by atomic mass is 32.2. The predicted octanol–water partition coefficient (Wildman–Crippen LogP) is 1.69. The number of hydrogen-bond acceptors (Lipinski definition) is 6. The number of furan rings is 1. The second kappa shape index (κ2) is 4.13. The summed E-state index contributed by atoms with van der Waals surface area (Å²) in [4.78, 5) is 3.81. The molecule has 0 saturated carbocycles. The van der Waals surface area contributed by atoms with Crippen LogP contribution >= 0.6 is 0 Å². The first-order valence-corrected chi connectivity index (χ1v) is 7.30. The van der Waals surface area contributed by atoms with E-state index in [4.69, 9.17) is 4.42 Å². The molecule has 96 valence electrons. The number of sulfone groups is 1. The van der Waals surface area contributed by atoms with Crippen molar-refractivity contribution in [2.75, 3.05) is 6.26 Å². The van der Waals surface area contributed by atoms with Crippen molar-refractivity contribution in [1.82, 2.24) is 15.2 Å². The molecule has 3 rings (SSSR count). The maximum absolute atomic E-state index is 11.2. The average molecular weight is 275 g/mol. The topological polar surface area (TPSA) is 86.0 Å². The van der Waals surface area contributed by atoms with Gasteiger partial charge in [0.25, 0.3) is 5.16 Å². The molecule has 6 nitrogen and oxygen atoms in total. The molecule has 0 atom stereocenters. The zero-order valence-electron chi connectivity index (χ0n) is 9.94. The molecule has 19 heavy (non-hydrogen) atoms. The van der Waals surface area contributed by atoms with E-state index in [1.165, 1.54) is 6.20 Å². The molecule has 0 radical (unpaired) electrons. The summed E-state index contributed by atoms with van der Waals surface area (Å²) in [5.41, 5.74) is 2.09. The summed E-state index contributed by atoms with van der Waals surface area (Å²) >= 11 is 0. The largest absolute Gasteiger partial charge is 0.464 e. The van der Waals surface area contributed by atoms with E-state index in [9.17, 15) is 8.42 Å². The average Bonchev–Trinajstić information content (AvgIpc) is 2.85. The lowest BCUT2D eigenvalue weighted by Gasteiger charge is -2.00. The maximum atomic E-state index is 11.2. The van der Waals surface area contributed by atoms with Gasteiger partial charge < -0.3 is 4.42 Å². The standard InChI is InChI=1S/C12H9N3O3S/c1-19(16,17)12-13-7-10(14-15-12)8-2-3-11-9(6-8)4-5-18-11/h2-7H,1H3. The number of hydrogen-bond donors (Lipinski definition) is 0. The van der Waals surface area contributed by atoms with E-state index >= 15 is 0 Å². The zero-order chi connectivity index (χ0) is 13.5. The summed E-state index contributed by atoms with van der Waals surface area (Å²) in [6.45, 7) is 0. The number of nitrogens with zero attached hydrogens (tertiary/aromatic N) is 3. The molecule has 0 aliphatic carbocycles. The van der Waals surface area contributed by atoms with Crippen molar-refractivity contribution in [1.29, 1.82) is 0 Å². The Balaban J connectivity index is 2.06. The highest BCUT2D eigenvalue weighted by Gasteiger charge is 2.12. The summed E-state index contributed by atoms with van der Waals surface area (Å²) in [5, 5.41) is 8.17. The Morgan fingerprint density at radius 1 is 1.16 bits per heavy atom. The molecule has 1 aromatic carbocycles. The fourth-order valence-electron chi connectivity index (χ4n) is 1.69. The first-order valence-electron chi connectivity index (χ1n) is 5.41. The van der Waals surface area contributed by atoms with Gasteiger partial charge in [-0.15, -0.1) is 10.2 Å². The van der Waals surface area contributed by atoms with Crippen LogP contribution in [0.3, 0.4) is 0 Å². The molecule has 0 amide bonds. The third-order valence-corrected chi connectivity index (χ3v) is 3.47. The lowest BCUT2D eigenvalue weighted by molar-refractivity contribution is 0.589. The van der Waals surface area contributed by atoms with Gasteiger partial charge in [-0.2, -0.15) is 0 Å². The third kappa shape index (κ3) is 2.19. The Kier molecular flexibility index (Phi) is 2.56. The summed E-state index contributed by atoms with van der Waals surface area (Å²) in [6.07, 6.45) is 4.04. The molecule has 0 aliphatic rings. The molecule has 7 heteroatoms. The van der Waals surface area contributed by atoms with Crippen LogP contribution in [0.2, 0.25) is 0 Å². The lowest BCUT2D eigenvalue weighted by Crippen LogP contribution is -2.05. The molecular formula is C12H9N3O3S. The maximum Gasteiger partial charge on any atom is 0.267 e. The van der Waals surface area contributed by atoms with Crippen LogP contribution in [0.1, 0.15) is 0 Å². The van der Waals surface area contributed by atoms with Crippen LogP contribution in [0.15, 0.2) is 46.3 Å². The molecule has 0 aliphatic heterocycles. The first-order chi connectivity index (χ1) is 9.04. The van der Waals surface area contributed by atoms with E-state index in [0.717, 1.165) is 22.8 Å². The van der Waals surface area contributed by atoms with Crippen LogP contribution in [0.5, 0.6) is 0 Å². The Morgan fingerprint density at radius 2 is 2.00 bits per heavy atom. The minimum absolute atomic E-state index is 0.277. The van der Waals surface area contributed by atoms with Gasteiger partial charge in [0.15, 0.2) is 0 Å². The molecule has 0 N–H and O–H groups in total. The van der Waals surface area contributed by atoms with Crippen molar-refractivity contribution in [3.8, 4) is 11.3 Å². The van der Waals surface area contributed by atoms with Crippen molar-refractivity contribution in [2.24, 2.45) is 0 Å². The molecule has 2 aromatic heterocycles. The van der Waals surface area contributed by atoms with E-state index in [0.29, 0.717) is 5.69 Å². The van der Waals surface area contributed by atoms with Crippen molar-refractivity contribution < 1.29 is 12.8 Å². The summed E-state index contributed by atoms with van der Waals surface area (Å²) in [5.74, 6) is 0. The van der Waals surface area contributed by atoms with E-state index in [-0.39, 0.29) is 5.16 Å². The van der Waals surface area contributed by atoms with Crippen LogP contribution in [0.4, 0.5) is 0 Å². The van der Waals surface area contributed by atoms with Crippen molar-refractivity contribution in [2.45, 2.75) is 5.16 Å². The Labute approximate surface area is 109 Å². The molecule has 2 heterocycles. The van der Waals surface area contributed by atoms with Crippen LogP contribution < -0.4 is 0 Å². The van der Waals surface area contributed by atoms with Crippen LogP contribution in [0, 0.1) is 0 Å². The lowest BCUT2D eigenvalue weighted by atomic mass is 10.1. The normalized spacial score (nSPS) is 11.8. The zero-order valence-corrected chi connectivity index (χ0v) is 10.8. The highest BCUT2D eigenvalue weighted by Crippen LogP contribution is 2.23. The van der Waals surface area contributed by atoms with Crippen molar-refractivity contribution >= 4 is 20.8 Å². The van der Waals surface area contributed by atoms with Crippen LogP contribution in [-0.2, 0) is 9.84 Å². The van der Waals surface area contributed by atoms with Gasteiger partial charge in [-0.3, -0.25) is 0 Å². The second-order valence-electron chi connectivity index (χ2n) is 4.07. The molecule has 0 unspecified atom stereocenters. The summed E-state index contributed by atoms with van der Waals surface area (Å²) in [6, 6.07) is 7.35. The van der Waals surface area contributed by atoms with Gasteiger partial charge in [-0.05, 0) is 24.3 Å². The summed E-state index contributed by atoms with van der Waals surface area (Å²) in [7, 11) is -3.43. The molecule has 0 saturated heterocycles. The number of benzene rings is 1. The van der Waals surface area contributed by atoms with Gasteiger partial charge in [-0.25, -0.2) is 13.4 Å². The van der Waals surface area contributed by atoms with Gasteiger partial charge in [0, 0.05) is 17.2 Å². The second-order valence-corrected chi connectivity index (χ2v) is 5.98. The van der Waals surface area contributed by atoms with E-state index in [1.54, 1.807) is 6.26 Å². The van der Waals surface area contributed by atoms with Gasteiger partial charge in [0.05, 0.1) is 12.5 Å². The van der Waals surface area contributed by atoms with E-state index in [2.05, 4.69) is 15.2 Å². The Morgan fingerprint density at radius 3 is 2.68 bits per heavy atom. The smallest absolute Gasteiger partial charge is 0.267 e. The molecule has 0 bridgehead atoms. The summed E-state index contributed by atoms with van der Waals surface area (Å²) < 4.78 is 27.7. The first kappa shape index (κ1) is 11.8. The molecule has 3 aromatic rings. The number of rotatable bonds is 2. The van der Waals surface area contributed by atoms with E-state index in [1.807, 2.05) is 24.3 Å². The van der Waals surface area contributed by atoms with Gasteiger partial charge >= 0.3 is 0 Å². The van der Waals surface area contributed by atoms with Crippen LogP contribution in [0.25, 0.3) is 22.2 Å². The number of fused-ring (bicyclic) bond motifs is 1. The fraction of sp³-hybridized carbons (Fsp3) is 0.0833. The predicted molar refractivity (Wildman–Crippen MR) is 68.1 cm³/mol. The quantitative estimate of drug-likeness (QED) is 0.707. The van der Waals surface area contributed by atoms with E-state index < -0.39 is 9.84 Å². The third-order valence-electron chi connectivity index (χ3n) is 2.62. The number of aromatic nitrogens is 3. The van der Waals surface area contributed by atoms with Crippen molar-refractivity contribution in [3.63, 3.8) is 0 Å². The monoisotopic (exact) mass is 275 g/mol. The highest BCUT2D eigenvalue weighted by molar-refractivity contribution is 7.90. The van der Waals surface area contributed by atoms with Gasteiger partial charge in [-0.1, -0.05) is 0 Å². The Bertz CT molecular complexity index is 838. The fourth-order valence-corrected chi connectivity index (χ4v) is 2.13. The van der Waals surface area contributed by atoms with Gasteiger partial charge in [0.2, 0.25) is 9.84 Å².